The van der Waals surface area contributed by atoms with Gasteiger partial charge in [-0.2, -0.15) is 5.10 Å². The van der Waals surface area contributed by atoms with Gasteiger partial charge in [0, 0.05) is 12.1 Å². The van der Waals surface area contributed by atoms with Gasteiger partial charge in [-0.05, 0) is 19.1 Å². The van der Waals surface area contributed by atoms with E-state index in [1.165, 1.54) is 35.1 Å². The zero-order valence-corrected chi connectivity index (χ0v) is 14.4. The summed E-state index contributed by atoms with van der Waals surface area (Å²) in [6, 6.07) is 5.70. The normalized spacial score (nSPS) is 10.8. The van der Waals surface area contributed by atoms with Gasteiger partial charge < -0.3 is 9.72 Å². The molecule has 0 saturated heterocycles. The predicted octanol–water partition coefficient (Wildman–Crippen LogP) is 1.67. The van der Waals surface area contributed by atoms with Gasteiger partial charge in [0.1, 0.15) is 5.39 Å². The van der Waals surface area contributed by atoms with Gasteiger partial charge in [-0.3, -0.25) is 19.7 Å². The number of non-ortho nitro benzene ring substituents is 1. The molecule has 0 bridgehead atoms. The second-order valence-electron chi connectivity index (χ2n) is 5.03. The molecule has 1 aromatic carbocycles. The fourth-order valence-corrected chi connectivity index (χ4v) is 2.85. The number of nitro benzene ring substituents is 1. The Kier molecular flexibility index (Phi) is 4.98. The summed E-state index contributed by atoms with van der Waals surface area (Å²) in [6.45, 7) is 1.98. The van der Waals surface area contributed by atoms with Crippen LogP contribution in [-0.2, 0) is 9.53 Å². The Balaban J connectivity index is 1.95. The van der Waals surface area contributed by atoms with Crippen LogP contribution in [0, 0.1) is 10.1 Å². The van der Waals surface area contributed by atoms with E-state index < -0.39 is 16.5 Å². The molecule has 0 radical (unpaired) electrons. The van der Waals surface area contributed by atoms with Crippen molar-refractivity contribution in [2.45, 2.75) is 12.1 Å². The molecule has 3 aromatic rings. The van der Waals surface area contributed by atoms with E-state index in [-0.39, 0.29) is 34.2 Å². The maximum Gasteiger partial charge on any atom is 0.316 e. The van der Waals surface area contributed by atoms with Crippen molar-refractivity contribution in [3.8, 4) is 5.69 Å². The van der Waals surface area contributed by atoms with Crippen LogP contribution in [0.15, 0.2) is 40.4 Å². The quantitative estimate of drug-likeness (QED) is 0.226. The second-order valence-corrected chi connectivity index (χ2v) is 6.00. The lowest BCUT2D eigenvalue weighted by atomic mass is 10.3. The van der Waals surface area contributed by atoms with E-state index in [1.807, 2.05) is 0 Å². The van der Waals surface area contributed by atoms with E-state index in [1.54, 1.807) is 6.92 Å². The number of rotatable bonds is 6. The average Bonchev–Trinajstić information content (AvgIpc) is 3.05. The van der Waals surface area contributed by atoms with E-state index >= 15 is 0 Å². The Morgan fingerprint density at radius 3 is 2.77 bits per heavy atom. The van der Waals surface area contributed by atoms with E-state index in [0.717, 1.165) is 11.8 Å². The summed E-state index contributed by atoms with van der Waals surface area (Å²) in [5, 5.41) is 15.4. The van der Waals surface area contributed by atoms with Gasteiger partial charge in [0.15, 0.2) is 10.8 Å². The van der Waals surface area contributed by atoms with Gasteiger partial charge >= 0.3 is 5.97 Å². The third kappa shape index (κ3) is 3.57. The topological polar surface area (TPSA) is 133 Å². The van der Waals surface area contributed by atoms with Gasteiger partial charge in [0.2, 0.25) is 0 Å². The summed E-state index contributed by atoms with van der Waals surface area (Å²) in [5.74, 6) is -0.405. The first-order valence-electron chi connectivity index (χ1n) is 7.51. The number of aromatic nitrogens is 4. The number of nitro groups is 1. The lowest BCUT2D eigenvalue weighted by molar-refractivity contribution is -0.384. The first kappa shape index (κ1) is 17.6. The van der Waals surface area contributed by atoms with Crippen LogP contribution in [0.1, 0.15) is 6.92 Å². The maximum absolute atomic E-state index is 12.2. The van der Waals surface area contributed by atoms with Crippen LogP contribution in [0.25, 0.3) is 16.7 Å². The molecule has 0 unspecified atom stereocenters. The highest BCUT2D eigenvalue weighted by Gasteiger charge is 2.14. The molecule has 10 nitrogen and oxygen atoms in total. The molecule has 0 saturated carbocycles. The summed E-state index contributed by atoms with van der Waals surface area (Å²) in [7, 11) is 0. The maximum atomic E-state index is 12.2. The fourth-order valence-electron chi connectivity index (χ4n) is 2.20. The van der Waals surface area contributed by atoms with Crippen molar-refractivity contribution in [1.82, 2.24) is 19.7 Å². The van der Waals surface area contributed by atoms with Crippen molar-refractivity contribution in [2.24, 2.45) is 0 Å². The number of H-pyrrole nitrogens is 1. The van der Waals surface area contributed by atoms with Gasteiger partial charge in [-0.1, -0.05) is 11.8 Å². The zero-order chi connectivity index (χ0) is 18.7. The van der Waals surface area contributed by atoms with E-state index in [0.29, 0.717) is 5.69 Å². The zero-order valence-electron chi connectivity index (χ0n) is 13.5. The average molecular weight is 375 g/mol. The molecule has 0 amide bonds. The molecule has 0 aliphatic carbocycles. The van der Waals surface area contributed by atoms with Crippen LogP contribution in [-0.4, -0.2) is 43.0 Å². The number of benzene rings is 1. The number of ether oxygens (including phenoxy) is 1. The van der Waals surface area contributed by atoms with E-state index in [2.05, 4.69) is 15.1 Å². The molecule has 0 aliphatic heterocycles. The summed E-state index contributed by atoms with van der Waals surface area (Å²) in [4.78, 5) is 40.8. The monoisotopic (exact) mass is 375 g/mol. The van der Waals surface area contributed by atoms with Crippen molar-refractivity contribution in [3.63, 3.8) is 0 Å². The Bertz CT molecular complexity index is 1030. The minimum absolute atomic E-state index is 0.00789. The molecule has 0 atom stereocenters. The Morgan fingerprint density at radius 1 is 1.38 bits per heavy atom. The lowest BCUT2D eigenvalue weighted by Crippen LogP contribution is -2.12. The highest BCUT2D eigenvalue weighted by Crippen LogP contribution is 2.20. The molecule has 26 heavy (non-hydrogen) atoms. The first-order chi connectivity index (χ1) is 12.5. The number of carbonyl (C=O) groups excluding carboxylic acids is 1. The largest absolute Gasteiger partial charge is 0.465 e. The van der Waals surface area contributed by atoms with Crippen LogP contribution in [0.5, 0.6) is 0 Å². The Hall–Kier alpha value is -3.21. The van der Waals surface area contributed by atoms with Crippen molar-refractivity contribution in [2.75, 3.05) is 12.4 Å². The molecule has 134 valence electrons. The van der Waals surface area contributed by atoms with E-state index in [9.17, 15) is 19.7 Å². The van der Waals surface area contributed by atoms with Gasteiger partial charge in [0.05, 0.1) is 29.2 Å². The van der Waals surface area contributed by atoms with Crippen LogP contribution in [0.3, 0.4) is 0 Å². The highest BCUT2D eigenvalue weighted by molar-refractivity contribution is 7.99. The summed E-state index contributed by atoms with van der Waals surface area (Å²) in [5.41, 5.74) is 0.357. The third-order valence-electron chi connectivity index (χ3n) is 3.35. The smallest absolute Gasteiger partial charge is 0.316 e. The summed E-state index contributed by atoms with van der Waals surface area (Å²) >= 11 is 1.04. The van der Waals surface area contributed by atoms with Gasteiger partial charge in [-0.25, -0.2) is 9.67 Å². The third-order valence-corrected chi connectivity index (χ3v) is 4.20. The minimum atomic E-state index is -0.502. The minimum Gasteiger partial charge on any atom is -0.465 e. The summed E-state index contributed by atoms with van der Waals surface area (Å²) in [6.07, 6.45) is 1.36. The Labute approximate surface area is 150 Å². The van der Waals surface area contributed by atoms with Crippen LogP contribution >= 0.6 is 11.8 Å². The molecule has 3 rings (SSSR count). The van der Waals surface area contributed by atoms with Crippen LogP contribution in [0.4, 0.5) is 5.69 Å². The number of hydrogen-bond acceptors (Lipinski definition) is 8. The number of fused-ring (bicyclic) bond motifs is 1. The van der Waals surface area contributed by atoms with Gasteiger partial charge in [0.25, 0.3) is 11.2 Å². The standard InChI is InChI=1S/C15H13N5O5S/c1-2-25-12(21)8-26-15-17-13-11(14(22)18-15)7-16-19(13)9-3-5-10(6-4-9)20(23)24/h3-7H,2,8H2,1H3,(H,17,18,22). The van der Waals surface area contributed by atoms with Crippen LogP contribution in [0.2, 0.25) is 0 Å². The highest BCUT2D eigenvalue weighted by atomic mass is 32.2. The molecule has 0 fully saturated rings. The lowest BCUT2D eigenvalue weighted by Gasteiger charge is -2.04. The van der Waals surface area contributed by atoms with Crippen molar-refractivity contribution in [3.05, 3.63) is 50.9 Å². The number of esters is 1. The molecule has 0 aliphatic rings. The molecule has 2 heterocycles. The van der Waals surface area contributed by atoms with E-state index in [4.69, 9.17) is 4.74 Å². The van der Waals surface area contributed by atoms with Crippen molar-refractivity contribution < 1.29 is 14.5 Å². The Morgan fingerprint density at radius 2 is 2.12 bits per heavy atom. The fraction of sp³-hybridized carbons (Fsp3) is 0.200. The molecule has 11 heteroatoms. The number of hydrogen-bond donors (Lipinski definition) is 1. The first-order valence-corrected chi connectivity index (χ1v) is 8.49. The van der Waals surface area contributed by atoms with Crippen molar-refractivity contribution >= 4 is 34.5 Å². The summed E-state index contributed by atoms with van der Waals surface area (Å²) < 4.78 is 6.24. The molecule has 2 aromatic heterocycles. The molecule has 1 N–H and O–H groups in total. The SMILES string of the molecule is CCOC(=O)CSc1nc2c(cnn2-c2ccc([N+](=O)[O-])cc2)c(=O)[nH]1. The van der Waals surface area contributed by atoms with Gasteiger partial charge in [-0.15, -0.1) is 0 Å². The predicted molar refractivity (Wildman–Crippen MR) is 93.5 cm³/mol. The number of nitrogens with zero attached hydrogens (tertiary/aromatic N) is 4. The molecular weight excluding hydrogens is 362 g/mol. The number of thioether (sulfide) groups is 1. The molecular formula is C15H13N5O5S. The second kappa shape index (κ2) is 7.35. The number of nitrogens with one attached hydrogen (secondary N) is 1. The molecule has 0 spiro atoms. The number of carbonyl (C=O) groups is 1. The van der Waals surface area contributed by atoms with Crippen molar-refractivity contribution in [1.29, 1.82) is 0 Å². The number of aromatic amines is 1. The van der Waals surface area contributed by atoms with Crippen LogP contribution < -0.4 is 5.56 Å².